The van der Waals surface area contributed by atoms with Gasteiger partial charge in [0.2, 0.25) is 0 Å². The van der Waals surface area contributed by atoms with Gasteiger partial charge in [-0.2, -0.15) is 0 Å². The van der Waals surface area contributed by atoms with Crippen molar-refractivity contribution in [3.63, 3.8) is 0 Å². The Morgan fingerprint density at radius 1 is 1.31 bits per heavy atom. The fourth-order valence-corrected chi connectivity index (χ4v) is 2.80. The van der Waals surface area contributed by atoms with Gasteiger partial charge in [-0.05, 0) is 29.4 Å². The summed E-state index contributed by atoms with van der Waals surface area (Å²) in [5.41, 5.74) is 8.84. The standard InChI is InChI=1S/C14H22N2/c1-13(2,3)10-8-14(4,5)12-9(10)6-7-11(15)16-12/h6-7,10H,8H2,1-5H3,(H2,15,16). The summed E-state index contributed by atoms with van der Waals surface area (Å²) in [6.45, 7) is 11.5. The highest BCUT2D eigenvalue weighted by molar-refractivity contribution is 5.43. The third-order valence-electron chi connectivity index (χ3n) is 3.72. The minimum Gasteiger partial charge on any atom is -0.384 e. The van der Waals surface area contributed by atoms with Crippen LogP contribution in [-0.4, -0.2) is 4.98 Å². The highest BCUT2D eigenvalue weighted by Gasteiger charge is 2.43. The number of nitrogens with zero attached hydrogens (tertiary/aromatic N) is 1. The molecule has 16 heavy (non-hydrogen) atoms. The maximum Gasteiger partial charge on any atom is 0.123 e. The van der Waals surface area contributed by atoms with Gasteiger partial charge in [0, 0.05) is 5.41 Å². The maximum atomic E-state index is 5.80. The van der Waals surface area contributed by atoms with Crippen molar-refractivity contribution < 1.29 is 0 Å². The molecule has 1 unspecified atom stereocenters. The molecule has 0 saturated heterocycles. The molecule has 1 aliphatic rings. The summed E-state index contributed by atoms with van der Waals surface area (Å²) in [5.74, 6) is 1.23. The van der Waals surface area contributed by atoms with Gasteiger partial charge >= 0.3 is 0 Å². The Balaban J connectivity index is 2.56. The zero-order valence-electron chi connectivity index (χ0n) is 11.0. The zero-order chi connectivity index (χ0) is 12.1. The van der Waals surface area contributed by atoms with Crippen molar-refractivity contribution in [2.45, 2.75) is 52.4 Å². The monoisotopic (exact) mass is 218 g/mol. The molecule has 1 aromatic heterocycles. The number of hydrogen-bond donors (Lipinski definition) is 1. The van der Waals surface area contributed by atoms with Crippen molar-refractivity contribution in [3.05, 3.63) is 23.4 Å². The fraction of sp³-hybridized carbons (Fsp3) is 0.643. The fourth-order valence-electron chi connectivity index (χ4n) is 2.80. The molecule has 0 amide bonds. The molecule has 2 rings (SSSR count). The van der Waals surface area contributed by atoms with Crippen LogP contribution in [0.25, 0.3) is 0 Å². The number of aromatic nitrogens is 1. The molecule has 0 radical (unpaired) electrons. The van der Waals surface area contributed by atoms with Gasteiger partial charge in [0.25, 0.3) is 0 Å². The van der Waals surface area contributed by atoms with E-state index in [0.717, 1.165) is 0 Å². The lowest BCUT2D eigenvalue weighted by Gasteiger charge is -2.28. The van der Waals surface area contributed by atoms with E-state index in [1.54, 1.807) is 0 Å². The molecule has 1 aromatic rings. The van der Waals surface area contributed by atoms with E-state index in [1.165, 1.54) is 17.7 Å². The van der Waals surface area contributed by atoms with Gasteiger partial charge in [0.05, 0.1) is 5.69 Å². The summed E-state index contributed by atoms with van der Waals surface area (Å²) in [6, 6.07) is 4.10. The molecule has 1 atom stereocenters. The van der Waals surface area contributed by atoms with Gasteiger partial charge in [-0.15, -0.1) is 0 Å². The quantitative estimate of drug-likeness (QED) is 0.724. The minimum absolute atomic E-state index is 0.155. The molecule has 88 valence electrons. The van der Waals surface area contributed by atoms with E-state index in [0.29, 0.717) is 17.2 Å². The maximum absolute atomic E-state index is 5.80. The third-order valence-corrected chi connectivity index (χ3v) is 3.72. The summed E-state index contributed by atoms with van der Waals surface area (Å²) in [6.07, 6.45) is 1.17. The van der Waals surface area contributed by atoms with Crippen molar-refractivity contribution in [1.29, 1.82) is 0 Å². The highest BCUT2D eigenvalue weighted by atomic mass is 14.9. The smallest absolute Gasteiger partial charge is 0.123 e. The van der Waals surface area contributed by atoms with E-state index in [9.17, 15) is 0 Å². The van der Waals surface area contributed by atoms with Gasteiger partial charge in [0.15, 0.2) is 0 Å². The van der Waals surface area contributed by atoms with Gasteiger partial charge in [-0.25, -0.2) is 4.98 Å². The van der Waals surface area contributed by atoms with E-state index in [-0.39, 0.29) is 5.41 Å². The van der Waals surface area contributed by atoms with Crippen LogP contribution in [0.3, 0.4) is 0 Å². The molecule has 1 aliphatic carbocycles. The molecule has 0 spiro atoms. The molecule has 0 aliphatic heterocycles. The Morgan fingerprint density at radius 3 is 2.50 bits per heavy atom. The van der Waals surface area contributed by atoms with Crippen molar-refractivity contribution >= 4 is 5.82 Å². The van der Waals surface area contributed by atoms with Gasteiger partial charge in [-0.3, -0.25) is 0 Å². The third kappa shape index (κ3) is 1.70. The Morgan fingerprint density at radius 2 is 1.94 bits per heavy atom. The Bertz CT molecular complexity index is 413. The summed E-state index contributed by atoms with van der Waals surface area (Å²) in [7, 11) is 0. The second-order valence-corrected chi connectivity index (χ2v) is 6.68. The van der Waals surface area contributed by atoms with Crippen molar-refractivity contribution in [2.24, 2.45) is 5.41 Å². The van der Waals surface area contributed by atoms with E-state index in [4.69, 9.17) is 5.73 Å². The number of fused-ring (bicyclic) bond motifs is 1. The number of nitrogen functional groups attached to an aromatic ring is 1. The Labute approximate surface area is 98.3 Å². The predicted octanol–water partition coefficient (Wildman–Crippen LogP) is 3.47. The van der Waals surface area contributed by atoms with Crippen LogP contribution in [0.1, 0.15) is 58.2 Å². The molecule has 0 aromatic carbocycles. The van der Waals surface area contributed by atoms with Gasteiger partial charge in [0.1, 0.15) is 5.82 Å². The first-order valence-electron chi connectivity index (χ1n) is 5.99. The molecule has 0 bridgehead atoms. The first-order chi connectivity index (χ1) is 7.22. The number of nitrogens with two attached hydrogens (primary N) is 1. The highest BCUT2D eigenvalue weighted by Crippen LogP contribution is 2.52. The van der Waals surface area contributed by atoms with E-state index in [1.807, 2.05) is 6.07 Å². The van der Waals surface area contributed by atoms with Crippen LogP contribution in [0.15, 0.2) is 12.1 Å². The second kappa shape index (κ2) is 3.22. The zero-order valence-corrected chi connectivity index (χ0v) is 11.0. The largest absolute Gasteiger partial charge is 0.384 e. The van der Waals surface area contributed by atoms with Crippen LogP contribution in [0.5, 0.6) is 0 Å². The number of pyridine rings is 1. The van der Waals surface area contributed by atoms with Gasteiger partial charge < -0.3 is 5.73 Å². The average Bonchev–Trinajstić information content (AvgIpc) is 2.38. The van der Waals surface area contributed by atoms with Crippen molar-refractivity contribution in [1.82, 2.24) is 4.98 Å². The summed E-state index contributed by atoms with van der Waals surface area (Å²) in [5, 5.41) is 0. The SMILES string of the molecule is CC1(C)CC(C(C)(C)C)c2ccc(N)nc21. The molecule has 0 saturated carbocycles. The van der Waals surface area contributed by atoms with E-state index < -0.39 is 0 Å². The number of rotatable bonds is 0. The van der Waals surface area contributed by atoms with Crippen LogP contribution < -0.4 is 5.73 Å². The number of hydrogen-bond acceptors (Lipinski definition) is 2. The molecule has 2 N–H and O–H groups in total. The lowest BCUT2D eigenvalue weighted by atomic mass is 9.75. The van der Waals surface area contributed by atoms with E-state index >= 15 is 0 Å². The van der Waals surface area contributed by atoms with Crippen LogP contribution in [0, 0.1) is 5.41 Å². The minimum atomic E-state index is 0.155. The topological polar surface area (TPSA) is 38.9 Å². The van der Waals surface area contributed by atoms with Gasteiger partial charge in [-0.1, -0.05) is 40.7 Å². The molecule has 2 nitrogen and oxygen atoms in total. The van der Waals surface area contributed by atoms with Crippen LogP contribution in [-0.2, 0) is 5.41 Å². The average molecular weight is 218 g/mol. The lowest BCUT2D eigenvalue weighted by Crippen LogP contribution is -2.19. The molecule has 1 heterocycles. The van der Waals surface area contributed by atoms with E-state index in [2.05, 4.69) is 45.7 Å². The van der Waals surface area contributed by atoms with Crippen molar-refractivity contribution in [2.75, 3.05) is 5.73 Å². The Hall–Kier alpha value is -1.05. The Kier molecular flexibility index (Phi) is 2.30. The number of anilines is 1. The molecular weight excluding hydrogens is 196 g/mol. The molecule has 2 heteroatoms. The first-order valence-corrected chi connectivity index (χ1v) is 5.99. The van der Waals surface area contributed by atoms with Crippen molar-refractivity contribution in [3.8, 4) is 0 Å². The second-order valence-electron chi connectivity index (χ2n) is 6.68. The molecular formula is C14H22N2. The van der Waals surface area contributed by atoms with Crippen LogP contribution >= 0.6 is 0 Å². The summed E-state index contributed by atoms with van der Waals surface area (Å²) in [4.78, 5) is 4.55. The lowest BCUT2D eigenvalue weighted by molar-refractivity contribution is 0.288. The predicted molar refractivity (Wildman–Crippen MR) is 68.5 cm³/mol. The summed E-state index contributed by atoms with van der Waals surface area (Å²) >= 11 is 0. The molecule has 0 fully saturated rings. The summed E-state index contributed by atoms with van der Waals surface area (Å²) < 4.78 is 0. The van der Waals surface area contributed by atoms with Crippen LogP contribution in [0.4, 0.5) is 5.82 Å². The van der Waals surface area contributed by atoms with Crippen LogP contribution in [0.2, 0.25) is 0 Å². The normalized spacial score (nSPS) is 23.2. The first kappa shape index (κ1) is 11.4.